The largest absolute Gasteiger partial charge is 0.280 e. The van der Waals surface area contributed by atoms with Gasteiger partial charge in [0, 0.05) is 10.2 Å². The molecule has 0 aliphatic rings. The van der Waals surface area contributed by atoms with Crippen LogP contribution in [-0.2, 0) is 10.0 Å². The molecule has 2 aromatic rings. The van der Waals surface area contributed by atoms with E-state index >= 15 is 0 Å². The summed E-state index contributed by atoms with van der Waals surface area (Å²) in [5.41, 5.74) is 1.94. The van der Waals surface area contributed by atoms with Crippen molar-refractivity contribution >= 4 is 31.6 Å². The molecule has 21 heavy (non-hydrogen) atoms. The molecule has 2 aromatic carbocycles. The lowest BCUT2D eigenvalue weighted by Gasteiger charge is -2.12. The topological polar surface area (TPSA) is 46.2 Å². The molecule has 1 N–H and O–H groups in total. The van der Waals surface area contributed by atoms with Crippen LogP contribution in [0.2, 0.25) is 0 Å². The molecule has 3 nitrogen and oxygen atoms in total. The Morgan fingerprint density at radius 1 is 1.05 bits per heavy atom. The van der Waals surface area contributed by atoms with E-state index < -0.39 is 26.6 Å². The van der Waals surface area contributed by atoms with Crippen LogP contribution in [-0.4, -0.2) is 8.42 Å². The highest BCUT2D eigenvalue weighted by atomic mass is 79.9. The molecule has 0 spiro atoms. The van der Waals surface area contributed by atoms with Crippen LogP contribution in [0, 0.1) is 25.5 Å². The smallest absolute Gasteiger partial charge is 0.264 e. The van der Waals surface area contributed by atoms with E-state index in [9.17, 15) is 17.2 Å². The van der Waals surface area contributed by atoms with Gasteiger partial charge < -0.3 is 0 Å². The Morgan fingerprint density at radius 3 is 2.19 bits per heavy atom. The van der Waals surface area contributed by atoms with Crippen LogP contribution in [0.25, 0.3) is 0 Å². The van der Waals surface area contributed by atoms with Crippen molar-refractivity contribution < 1.29 is 17.2 Å². The SMILES string of the molecule is Cc1cc(NS(=O)(=O)c2cc(F)ccc2F)cc(C)c1Br. The summed E-state index contributed by atoms with van der Waals surface area (Å²) in [7, 11) is -4.19. The van der Waals surface area contributed by atoms with Crippen LogP contribution in [0.3, 0.4) is 0 Å². The van der Waals surface area contributed by atoms with E-state index in [4.69, 9.17) is 0 Å². The van der Waals surface area contributed by atoms with Crippen molar-refractivity contribution in [3.63, 3.8) is 0 Å². The zero-order valence-corrected chi connectivity index (χ0v) is 13.6. The summed E-state index contributed by atoms with van der Waals surface area (Å²) >= 11 is 3.37. The molecule has 0 aromatic heterocycles. The van der Waals surface area contributed by atoms with E-state index in [1.165, 1.54) is 0 Å². The maximum Gasteiger partial charge on any atom is 0.264 e. The molecule has 0 saturated heterocycles. The van der Waals surface area contributed by atoms with Gasteiger partial charge >= 0.3 is 0 Å². The van der Waals surface area contributed by atoms with Gasteiger partial charge in [-0.2, -0.15) is 0 Å². The van der Waals surface area contributed by atoms with Crippen LogP contribution in [0.15, 0.2) is 39.7 Å². The fourth-order valence-corrected chi connectivity index (χ4v) is 3.26. The number of benzene rings is 2. The maximum absolute atomic E-state index is 13.6. The minimum Gasteiger partial charge on any atom is -0.280 e. The van der Waals surface area contributed by atoms with E-state index in [1.54, 1.807) is 26.0 Å². The molecule has 0 heterocycles. The van der Waals surface area contributed by atoms with Crippen molar-refractivity contribution in [1.82, 2.24) is 0 Å². The third-order valence-electron chi connectivity index (χ3n) is 2.87. The Morgan fingerprint density at radius 2 is 1.62 bits per heavy atom. The van der Waals surface area contributed by atoms with E-state index in [2.05, 4.69) is 20.7 Å². The molecule has 0 bridgehead atoms. The van der Waals surface area contributed by atoms with Gasteiger partial charge in [0.25, 0.3) is 10.0 Å². The van der Waals surface area contributed by atoms with E-state index in [1.807, 2.05) is 0 Å². The predicted octanol–water partition coefficient (Wildman–Crippen LogP) is 4.14. The van der Waals surface area contributed by atoms with Crippen LogP contribution in [0.5, 0.6) is 0 Å². The lowest BCUT2D eigenvalue weighted by Crippen LogP contribution is -2.15. The van der Waals surface area contributed by atoms with Crippen LogP contribution in [0.1, 0.15) is 11.1 Å². The molecule has 0 amide bonds. The minimum absolute atomic E-state index is 0.289. The van der Waals surface area contributed by atoms with E-state index in [0.717, 1.165) is 27.7 Å². The summed E-state index contributed by atoms with van der Waals surface area (Å²) in [5, 5.41) is 0. The normalized spacial score (nSPS) is 11.5. The van der Waals surface area contributed by atoms with E-state index in [-0.39, 0.29) is 5.69 Å². The molecular weight excluding hydrogens is 364 g/mol. The Labute approximate surface area is 130 Å². The van der Waals surface area contributed by atoms with Crippen LogP contribution < -0.4 is 4.72 Å². The average molecular weight is 376 g/mol. The first kappa shape index (κ1) is 15.9. The van der Waals surface area contributed by atoms with Crippen molar-refractivity contribution in [3.05, 3.63) is 57.6 Å². The number of aryl methyl sites for hydroxylation is 2. The molecule has 0 unspecified atom stereocenters. The Hall–Kier alpha value is -1.47. The molecule has 0 saturated carbocycles. The Balaban J connectivity index is 2.45. The Kier molecular flexibility index (Phi) is 4.34. The van der Waals surface area contributed by atoms with Crippen molar-refractivity contribution in [3.8, 4) is 0 Å². The minimum atomic E-state index is -4.19. The van der Waals surface area contributed by atoms with Gasteiger partial charge in [-0.3, -0.25) is 4.72 Å². The highest BCUT2D eigenvalue weighted by Crippen LogP contribution is 2.27. The maximum atomic E-state index is 13.6. The van der Waals surface area contributed by atoms with Crippen LogP contribution in [0.4, 0.5) is 14.5 Å². The van der Waals surface area contributed by atoms with Gasteiger partial charge in [0.1, 0.15) is 16.5 Å². The zero-order chi connectivity index (χ0) is 15.8. The fourth-order valence-electron chi connectivity index (χ4n) is 1.90. The average Bonchev–Trinajstić information content (AvgIpc) is 2.38. The number of sulfonamides is 1. The summed E-state index contributed by atoms with van der Waals surface area (Å²) < 4.78 is 54.2. The second-order valence-electron chi connectivity index (χ2n) is 4.60. The molecule has 0 aliphatic carbocycles. The van der Waals surface area contributed by atoms with Crippen LogP contribution >= 0.6 is 15.9 Å². The second kappa shape index (κ2) is 5.73. The first-order valence-corrected chi connectivity index (χ1v) is 8.23. The Bertz CT molecular complexity index is 784. The number of rotatable bonds is 3. The van der Waals surface area contributed by atoms with Gasteiger partial charge in [-0.1, -0.05) is 15.9 Å². The van der Waals surface area contributed by atoms with Crippen molar-refractivity contribution in [1.29, 1.82) is 0 Å². The third kappa shape index (κ3) is 3.41. The molecule has 0 atom stereocenters. The predicted molar refractivity (Wildman–Crippen MR) is 80.8 cm³/mol. The first-order chi connectivity index (χ1) is 9.70. The number of hydrogen-bond acceptors (Lipinski definition) is 2. The standard InChI is InChI=1S/C14H12BrF2NO2S/c1-8-5-11(6-9(2)14(8)15)18-21(19,20)13-7-10(16)3-4-12(13)17/h3-7,18H,1-2H3. The third-order valence-corrected chi connectivity index (χ3v) is 5.52. The highest BCUT2D eigenvalue weighted by molar-refractivity contribution is 9.10. The summed E-state index contributed by atoms with van der Waals surface area (Å²) in [6.07, 6.45) is 0. The summed E-state index contributed by atoms with van der Waals surface area (Å²) in [6, 6.07) is 5.50. The molecule has 7 heteroatoms. The van der Waals surface area contributed by atoms with Gasteiger partial charge in [0.15, 0.2) is 0 Å². The summed E-state index contributed by atoms with van der Waals surface area (Å²) in [6.45, 7) is 3.61. The molecule has 112 valence electrons. The summed E-state index contributed by atoms with van der Waals surface area (Å²) in [5.74, 6) is -1.82. The lowest BCUT2D eigenvalue weighted by molar-refractivity contribution is 0.555. The molecule has 2 rings (SSSR count). The number of nitrogens with one attached hydrogen (secondary N) is 1. The van der Waals surface area contributed by atoms with Gasteiger partial charge in [0.2, 0.25) is 0 Å². The van der Waals surface area contributed by atoms with Gasteiger partial charge in [-0.25, -0.2) is 17.2 Å². The van der Waals surface area contributed by atoms with Gasteiger partial charge in [0.05, 0.1) is 0 Å². The van der Waals surface area contributed by atoms with Gasteiger partial charge in [-0.05, 0) is 55.3 Å². The highest BCUT2D eigenvalue weighted by Gasteiger charge is 2.20. The fraction of sp³-hybridized carbons (Fsp3) is 0.143. The van der Waals surface area contributed by atoms with Crippen molar-refractivity contribution in [2.45, 2.75) is 18.7 Å². The number of hydrogen-bond donors (Lipinski definition) is 1. The number of halogens is 3. The molecule has 0 aliphatic heterocycles. The molecule has 0 fully saturated rings. The number of anilines is 1. The summed E-state index contributed by atoms with van der Waals surface area (Å²) in [4.78, 5) is -0.722. The first-order valence-electron chi connectivity index (χ1n) is 5.95. The van der Waals surface area contributed by atoms with Crippen molar-refractivity contribution in [2.24, 2.45) is 0 Å². The quantitative estimate of drug-likeness (QED) is 0.875. The van der Waals surface area contributed by atoms with Gasteiger partial charge in [-0.15, -0.1) is 0 Å². The zero-order valence-electron chi connectivity index (χ0n) is 11.2. The van der Waals surface area contributed by atoms with E-state index in [0.29, 0.717) is 6.07 Å². The molecule has 0 radical (unpaired) electrons. The van der Waals surface area contributed by atoms with Crippen molar-refractivity contribution in [2.75, 3.05) is 4.72 Å². The second-order valence-corrected chi connectivity index (χ2v) is 7.05. The molecular formula is C14H12BrF2NO2S. The monoisotopic (exact) mass is 375 g/mol. The lowest BCUT2D eigenvalue weighted by atomic mass is 10.1.